The van der Waals surface area contributed by atoms with E-state index in [1.54, 1.807) is 13.8 Å². The smallest absolute Gasteiger partial charge is 0.480 e. The first-order valence-electron chi connectivity index (χ1n) is 8.99. The second-order valence-electron chi connectivity index (χ2n) is 7.61. The van der Waals surface area contributed by atoms with Crippen molar-refractivity contribution in [2.45, 2.75) is 43.0 Å². The predicted molar refractivity (Wildman–Crippen MR) is 110 cm³/mol. The fraction of sp³-hybridized carbons (Fsp3) is 0.368. The molecule has 9 nitrogen and oxygen atoms in total. The van der Waals surface area contributed by atoms with Gasteiger partial charge in [0.2, 0.25) is 5.91 Å². The van der Waals surface area contributed by atoms with Crippen molar-refractivity contribution in [3.8, 4) is 11.3 Å². The SMILES string of the molecule is Cc1onc(-c2c(F)cccc2Cl)c1C(=O)N[C@@H]1C(=O)N2[C@@H]1SC(C)(C)[C@@H]2C(=O)O.O.[Na+]. The molecule has 32 heavy (non-hydrogen) atoms. The number of thioether (sulfide) groups is 1. The van der Waals surface area contributed by atoms with Crippen LogP contribution in [-0.4, -0.2) is 60.6 Å². The van der Waals surface area contributed by atoms with E-state index in [0.717, 1.165) is 0 Å². The molecule has 3 heterocycles. The summed E-state index contributed by atoms with van der Waals surface area (Å²) < 4.78 is 18.7. The number of rotatable bonds is 4. The Hall–Kier alpha value is -1.63. The van der Waals surface area contributed by atoms with Crippen molar-refractivity contribution in [2.24, 2.45) is 0 Å². The van der Waals surface area contributed by atoms with Gasteiger partial charge < -0.3 is 25.3 Å². The molecule has 1 aromatic carbocycles. The van der Waals surface area contributed by atoms with Gasteiger partial charge in [-0.1, -0.05) is 22.8 Å². The Morgan fingerprint density at radius 2 is 2.03 bits per heavy atom. The van der Waals surface area contributed by atoms with Crippen LogP contribution in [0, 0.1) is 12.7 Å². The van der Waals surface area contributed by atoms with Crippen molar-refractivity contribution < 1.29 is 63.4 Å². The van der Waals surface area contributed by atoms with Crippen molar-refractivity contribution in [3.05, 3.63) is 40.4 Å². The van der Waals surface area contributed by atoms with Gasteiger partial charge in [0.1, 0.15) is 40.3 Å². The number of hydrogen-bond acceptors (Lipinski definition) is 6. The van der Waals surface area contributed by atoms with Gasteiger partial charge in [-0.2, -0.15) is 0 Å². The van der Waals surface area contributed by atoms with Gasteiger partial charge in [-0.05, 0) is 32.9 Å². The number of carboxylic acids is 1. The number of nitrogens with one attached hydrogen (secondary N) is 1. The molecule has 166 valence electrons. The Kier molecular flexibility index (Phi) is 7.75. The number of aryl methyl sites for hydroxylation is 1. The quantitative estimate of drug-likeness (QED) is 0.404. The van der Waals surface area contributed by atoms with E-state index < -0.39 is 45.8 Å². The van der Waals surface area contributed by atoms with Crippen LogP contribution in [0.3, 0.4) is 0 Å². The number of carboxylic acid groups (broad SMARTS) is 1. The van der Waals surface area contributed by atoms with Crippen LogP contribution in [-0.2, 0) is 9.59 Å². The number of aliphatic carboxylic acids is 1. The van der Waals surface area contributed by atoms with Gasteiger partial charge in [0.25, 0.3) is 5.91 Å². The summed E-state index contributed by atoms with van der Waals surface area (Å²) in [7, 11) is 0. The molecule has 4 rings (SSSR count). The van der Waals surface area contributed by atoms with Crippen molar-refractivity contribution in [3.63, 3.8) is 0 Å². The van der Waals surface area contributed by atoms with Crippen LogP contribution in [0.4, 0.5) is 4.39 Å². The van der Waals surface area contributed by atoms with Crippen LogP contribution in [0.5, 0.6) is 0 Å². The monoisotopic (exact) mass is 494 g/mol. The van der Waals surface area contributed by atoms with Gasteiger partial charge in [0.05, 0.1) is 10.6 Å². The molecule has 2 aliphatic heterocycles. The van der Waals surface area contributed by atoms with E-state index in [1.165, 1.54) is 41.8 Å². The van der Waals surface area contributed by atoms with Gasteiger partial charge >= 0.3 is 35.5 Å². The standard InChI is InChI=1S/C19H17ClFN3O5S.Na.H2O/c1-7-10(12(23-29-7)11-8(20)5-4-6-9(11)21)15(25)22-13-16(26)24-14(18(27)28)19(2,3)30-17(13)24;;/h4-6,13-14,17H,1-3H3,(H,22,25)(H,27,28);;1H2/q;+1;/t13-,14+,17-;;/m1../s1. The van der Waals surface area contributed by atoms with Gasteiger partial charge in [-0.15, -0.1) is 11.8 Å². The average Bonchev–Trinajstić information content (AvgIpc) is 3.14. The number of β-lactam (4-membered cyclic amide) rings is 1. The number of halogens is 2. The molecule has 4 N–H and O–H groups in total. The molecule has 2 saturated heterocycles. The molecule has 2 aromatic rings. The Morgan fingerprint density at radius 1 is 1.38 bits per heavy atom. The zero-order chi connectivity index (χ0) is 22.0. The molecule has 0 saturated carbocycles. The Morgan fingerprint density at radius 3 is 2.62 bits per heavy atom. The summed E-state index contributed by atoms with van der Waals surface area (Å²) in [5.41, 5.74) is -0.185. The van der Waals surface area contributed by atoms with Crippen molar-refractivity contribution in [2.75, 3.05) is 0 Å². The molecule has 2 amide bonds. The van der Waals surface area contributed by atoms with Gasteiger partial charge in [-0.3, -0.25) is 9.59 Å². The minimum atomic E-state index is -1.10. The third-order valence-electron chi connectivity index (χ3n) is 5.25. The fourth-order valence-corrected chi connectivity index (χ4v) is 5.77. The number of aromatic nitrogens is 1. The van der Waals surface area contributed by atoms with Gasteiger partial charge in [-0.25, -0.2) is 9.18 Å². The first-order chi connectivity index (χ1) is 14.0. The number of amides is 2. The van der Waals surface area contributed by atoms with Crippen LogP contribution < -0.4 is 34.9 Å². The van der Waals surface area contributed by atoms with Crippen molar-refractivity contribution in [1.29, 1.82) is 0 Å². The summed E-state index contributed by atoms with van der Waals surface area (Å²) in [5.74, 6) is -2.81. The third-order valence-corrected chi connectivity index (χ3v) is 7.14. The van der Waals surface area contributed by atoms with E-state index in [4.69, 9.17) is 16.1 Å². The summed E-state index contributed by atoms with van der Waals surface area (Å²) in [4.78, 5) is 38.5. The van der Waals surface area contributed by atoms with Gasteiger partial charge in [0, 0.05) is 4.75 Å². The predicted octanol–water partition coefficient (Wildman–Crippen LogP) is -1.13. The number of nitrogens with zero attached hydrogens (tertiary/aromatic N) is 2. The topological polar surface area (TPSA) is 144 Å². The molecular weight excluding hydrogens is 476 g/mol. The minimum Gasteiger partial charge on any atom is -0.480 e. The normalized spacial score (nSPS) is 22.8. The summed E-state index contributed by atoms with van der Waals surface area (Å²) in [6, 6.07) is 2.17. The molecule has 0 radical (unpaired) electrons. The summed E-state index contributed by atoms with van der Waals surface area (Å²) >= 11 is 7.40. The van der Waals surface area contributed by atoms with Crippen LogP contribution in [0.25, 0.3) is 11.3 Å². The number of fused-ring (bicyclic) bond motifs is 1. The van der Waals surface area contributed by atoms with Crippen LogP contribution >= 0.6 is 23.4 Å². The van der Waals surface area contributed by atoms with Crippen molar-refractivity contribution >= 4 is 41.1 Å². The largest absolute Gasteiger partial charge is 1.00 e. The van der Waals surface area contributed by atoms with Gasteiger partial charge in [0.15, 0.2) is 0 Å². The molecule has 2 aliphatic rings. The van der Waals surface area contributed by atoms with Crippen LogP contribution in [0.15, 0.2) is 22.7 Å². The molecule has 3 atom stereocenters. The molecular formula is C19H19ClFN3NaO6S+. The first kappa shape index (κ1) is 26.6. The second-order valence-corrected chi connectivity index (χ2v) is 9.79. The van der Waals surface area contributed by atoms with E-state index in [2.05, 4.69) is 10.5 Å². The molecule has 13 heteroatoms. The summed E-state index contributed by atoms with van der Waals surface area (Å²) in [6.07, 6.45) is 0. The molecule has 0 bridgehead atoms. The van der Waals surface area contributed by atoms with E-state index in [0.29, 0.717) is 0 Å². The zero-order valence-corrected chi connectivity index (χ0v) is 21.2. The minimum absolute atomic E-state index is 0. The maximum Gasteiger partial charge on any atom is 1.00 e. The number of hydrogen-bond donors (Lipinski definition) is 2. The van der Waals surface area contributed by atoms with Crippen LogP contribution in [0.2, 0.25) is 5.02 Å². The van der Waals surface area contributed by atoms with E-state index >= 15 is 0 Å². The average molecular weight is 495 g/mol. The van der Waals surface area contributed by atoms with E-state index in [9.17, 15) is 23.9 Å². The Labute approximate surface area is 213 Å². The molecule has 1 aromatic heterocycles. The molecule has 0 spiro atoms. The first-order valence-corrected chi connectivity index (χ1v) is 10.2. The summed E-state index contributed by atoms with van der Waals surface area (Å²) in [5, 5.41) is 15.4. The molecule has 0 unspecified atom stereocenters. The number of benzene rings is 1. The van der Waals surface area contributed by atoms with Crippen molar-refractivity contribution in [1.82, 2.24) is 15.4 Å². The molecule has 0 aliphatic carbocycles. The maximum atomic E-state index is 14.4. The van der Waals surface area contributed by atoms with Crippen LogP contribution in [0.1, 0.15) is 30.0 Å². The third kappa shape index (κ3) is 4.06. The second kappa shape index (κ2) is 9.32. The maximum absolute atomic E-state index is 14.4. The van der Waals surface area contributed by atoms with E-state index in [1.807, 2.05) is 0 Å². The Bertz CT molecular complexity index is 1080. The number of carbonyl (C=O) groups is 3. The van der Waals surface area contributed by atoms with E-state index in [-0.39, 0.29) is 62.6 Å². The number of carbonyl (C=O) groups excluding carboxylic acids is 2. The fourth-order valence-electron chi connectivity index (χ4n) is 3.89. The zero-order valence-electron chi connectivity index (χ0n) is 17.6. The molecule has 2 fully saturated rings. The summed E-state index contributed by atoms with van der Waals surface area (Å²) in [6.45, 7) is 4.97. The Balaban J connectivity index is 0.00000181.